The SMILES string of the molecule is O=S(=O)(c1ccc(OCCCSCCSCCS)cc1)c1ccc(OCCCSCCSCCS)cc1. The second kappa shape index (κ2) is 20.9. The van der Waals surface area contributed by atoms with E-state index in [4.69, 9.17) is 9.47 Å². The fourth-order valence-corrected chi connectivity index (χ4v) is 8.68. The monoisotopic (exact) mass is 638 g/mol. The lowest BCUT2D eigenvalue weighted by Crippen LogP contribution is -2.04. The van der Waals surface area contributed by atoms with Gasteiger partial charge in [-0.15, -0.1) is 0 Å². The summed E-state index contributed by atoms with van der Waals surface area (Å²) in [5.41, 5.74) is 0. The van der Waals surface area contributed by atoms with E-state index in [1.807, 2.05) is 47.0 Å². The number of benzene rings is 2. The van der Waals surface area contributed by atoms with Crippen LogP contribution in [0.4, 0.5) is 0 Å². The van der Waals surface area contributed by atoms with Gasteiger partial charge in [0, 0.05) is 34.5 Å². The van der Waals surface area contributed by atoms with Crippen LogP contribution in [0.1, 0.15) is 12.8 Å². The normalized spacial score (nSPS) is 11.5. The molecule has 0 bridgehead atoms. The van der Waals surface area contributed by atoms with Gasteiger partial charge < -0.3 is 9.47 Å². The average molecular weight is 639 g/mol. The van der Waals surface area contributed by atoms with Gasteiger partial charge in [-0.2, -0.15) is 72.3 Å². The van der Waals surface area contributed by atoms with Gasteiger partial charge in [0.2, 0.25) is 9.84 Å². The fourth-order valence-electron chi connectivity index (χ4n) is 3.04. The Morgan fingerprint density at radius 1 is 0.541 bits per heavy atom. The minimum Gasteiger partial charge on any atom is -0.494 e. The van der Waals surface area contributed by atoms with Gasteiger partial charge in [-0.3, -0.25) is 0 Å². The minimum atomic E-state index is -3.59. The molecule has 0 aromatic heterocycles. The number of ether oxygens (including phenoxy) is 2. The van der Waals surface area contributed by atoms with Crippen LogP contribution in [0.15, 0.2) is 58.3 Å². The van der Waals surface area contributed by atoms with E-state index in [1.165, 1.54) is 0 Å². The smallest absolute Gasteiger partial charge is 0.206 e. The maximum absolute atomic E-state index is 13.0. The molecule has 11 heteroatoms. The zero-order valence-corrected chi connectivity index (χ0v) is 27.0. The van der Waals surface area contributed by atoms with Crippen molar-refractivity contribution in [1.29, 1.82) is 0 Å². The first-order chi connectivity index (χ1) is 18.1. The van der Waals surface area contributed by atoms with E-state index in [9.17, 15) is 8.42 Å². The van der Waals surface area contributed by atoms with Crippen molar-refractivity contribution in [3.05, 3.63) is 48.5 Å². The fraction of sp³-hybridized carbons (Fsp3) is 0.538. The molecule has 0 saturated heterocycles. The summed E-state index contributed by atoms with van der Waals surface area (Å²) >= 11 is 16.2. The number of hydrogen-bond donors (Lipinski definition) is 2. The summed E-state index contributed by atoms with van der Waals surface area (Å²) in [6, 6.07) is 13.3. The third-order valence-corrected chi connectivity index (χ3v) is 12.4. The molecule has 0 fully saturated rings. The van der Waals surface area contributed by atoms with Crippen LogP contribution in [0.3, 0.4) is 0 Å². The van der Waals surface area contributed by atoms with Gasteiger partial charge in [-0.1, -0.05) is 0 Å². The standard InChI is InChI=1S/C26H38O4S7/c27-37(28,25-7-3-23(4-8-25)29-11-1-15-33-19-21-35-17-13-31)26-9-5-24(6-10-26)30-12-2-16-34-20-22-36-18-14-32/h3-10,31-32H,1-2,11-22H2. The van der Waals surface area contributed by atoms with Crippen molar-refractivity contribution in [3.63, 3.8) is 0 Å². The predicted octanol–water partition coefficient (Wildman–Crippen LogP) is 6.85. The van der Waals surface area contributed by atoms with Crippen LogP contribution in [0.25, 0.3) is 0 Å². The molecule has 2 aromatic rings. The van der Waals surface area contributed by atoms with E-state index in [-0.39, 0.29) is 9.79 Å². The summed E-state index contributed by atoms with van der Waals surface area (Å²) < 4.78 is 37.6. The molecule has 0 aliphatic carbocycles. The molecular formula is C26H38O4S7. The Kier molecular flexibility index (Phi) is 18.8. The Labute approximate surface area is 251 Å². The van der Waals surface area contributed by atoms with Gasteiger partial charge in [0.15, 0.2) is 0 Å². The van der Waals surface area contributed by atoms with E-state index >= 15 is 0 Å². The summed E-state index contributed by atoms with van der Waals surface area (Å²) in [6.07, 6.45) is 1.93. The van der Waals surface area contributed by atoms with Crippen LogP contribution in [0, 0.1) is 0 Å². The molecule has 0 amide bonds. The van der Waals surface area contributed by atoms with Gasteiger partial charge in [0.25, 0.3) is 0 Å². The van der Waals surface area contributed by atoms with Crippen molar-refractivity contribution in [2.24, 2.45) is 0 Å². The molecular weight excluding hydrogens is 601 g/mol. The van der Waals surface area contributed by atoms with Crippen LogP contribution in [-0.4, -0.2) is 79.2 Å². The van der Waals surface area contributed by atoms with Crippen LogP contribution >= 0.6 is 72.3 Å². The highest BCUT2D eigenvalue weighted by atomic mass is 32.2. The van der Waals surface area contributed by atoms with Crippen molar-refractivity contribution < 1.29 is 17.9 Å². The molecule has 0 heterocycles. The molecule has 0 radical (unpaired) electrons. The van der Waals surface area contributed by atoms with Crippen LogP contribution < -0.4 is 9.47 Å². The second-order valence-corrected chi connectivity index (χ2v) is 15.5. The van der Waals surface area contributed by atoms with Gasteiger partial charge in [0.1, 0.15) is 11.5 Å². The number of hydrogen-bond acceptors (Lipinski definition) is 10. The molecule has 2 aromatic carbocycles. The Morgan fingerprint density at radius 3 is 1.24 bits per heavy atom. The molecule has 4 nitrogen and oxygen atoms in total. The Hall–Kier alpha value is 0.0900. The molecule has 0 unspecified atom stereocenters. The minimum absolute atomic E-state index is 0.257. The van der Waals surface area contributed by atoms with E-state index < -0.39 is 9.84 Å². The first-order valence-corrected chi connectivity index (χ1v) is 19.7. The molecule has 0 atom stereocenters. The van der Waals surface area contributed by atoms with Crippen molar-refractivity contribution in [1.82, 2.24) is 0 Å². The molecule has 0 spiro atoms. The van der Waals surface area contributed by atoms with E-state index in [0.29, 0.717) is 24.7 Å². The maximum atomic E-state index is 13.0. The summed E-state index contributed by atoms with van der Waals surface area (Å²) in [4.78, 5) is 0.514. The first-order valence-electron chi connectivity index (χ1n) is 12.3. The van der Waals surface area contributed by atoms with Crippen molar-refractivity contribution in [2.45, 2.75) is 22.6 Å². The first kappa shape index (κ1) is 33.3. The van der Waals surface area contributed by atoms with Gasteiger partial charge in [0.05, 0.1) is 23.0 Å². The number of thiol groups is 2. The highest BCUT2D eigenvalue weighted by molar-refractivity contribution is 8.03. The summed E-state index contributed by atoms with van der Waals surface area (Å²) in [7, 11) is -3.59. The van der Waals surface area contributed by atoms with Crippen molar-refractivity contribution in [3.8, 4) is 11.5 Å². The molecule has 0 aliphatic rings. The maximum Gasteiger partial charge on any atom is 0.206 e. The molecule has 37 heavy (non-hydrogen) atoms. The highest BCUT2D eigenvalue weighted by Gasteiger charge is 2.17. The van der Waals surface area contributed by atoms with E-state index in [0.717, 1.165) is 70.4 Å². The summed E-state index contributed by atoms with van der Waals surface area (Å²) in [5, 5.41) is 0. The lowest BCUT2D eigenvalue weighted by atomic mass is 10.3. The molecule has 208 valence electrons. The van der Waals surface area contributed by atoms with E-state index in [2.05, 4.69) is 25.3 Å². The van der Waals surface area contributed by atoms with E-state index in [1.54, 1.807) is 48.5 Å². The van der Waals surface area contributed by atoms with Crippen LogP contribution in [0.5, 0.6) is 11.5 Å². The Morgan fingerprint density at radius 2 is 0.892 bits per heavy atom. The van der Waals surface area contributed by atoms with Crippen LogP contribution in [-0.2, 0) is 9.84 Å². The lowest BCUT2D eigenvalue weighted by Gasteiger charge is -2.10. The predicted molar refractivity (Wildman–Crippen MR) is 176 cm³/mol. The van der Waals surface area contributed by atoms with Crippen LogP contribution in [0.2, 0.25) is 0 Å². The number of sulfone groups is 1. The average Bonchev–Trinajstić information content (AvgIpc) is 2.92. The largest absolute Gasteiger partial charge is 0.494 e. The third-order valence-electron chi connectivity index (χ3n) is 4.89. The number of thioether (sulfide) groups is 4. The quantitative estimate of drug-likeness (QED) is 0.107. The second-order valence-electron chi connectivity index (χ2n) is 7.75. The summed E-state index contributed by atoms with van der Waals surface area (Å²) in [6.45, 7) is 1.25. The Bertz CT molecular complexity index is 867. The molecule has 0 aliphatic heterocycles. The molecule has 2 rings (SSSR count). The van der Waals surface area contributed by atoms with Crippen molar-refractivity contribution >= 4 is 82.1 Å². The van der Waals surface area contributed by atoms with Crippen molar-refractivity contribution in [2.75, 3.05) is 70.7 Å². The third kappa shape index (κ3) is 14.3. The summed E-state index contributed by atoms with van der Waals surface area (Å²) in [5.74, 6) is 12.2. The van der Waals surface area contributed by atoms with Gasteiger partial charge in [-0.05, 0) is 84.4 Å². The number of rotatable bonds is 22. The highest BCUT2D eigenvalue weighted by Crippen LogP contribution is 2.25. The molecule has 0 N–H and O–H groups in total. The lowest BCUT2D eigenvalue weighted by molar-refractivity contribution is 0.318. The molecule has 0 saturated carbocycles. The zero-order chi connectivity index (χ0) is 26.6. The topological polar surface area (TPSA) is 52.6 Å². The van der Waals surface area contributed by atoms with Gasteiger partial charge >= 0.3 is 0 Å². The van der Waals surface area contributed by atoms with Gasteiger partial charge in [-0.25, -0.2) is 8.42 Å². The zero-order valence-electron chi connectivity index (χ0n) is 21.1. The Balaban J connectivity index is 1.68.